The molecule has 0 aliphatic heterocycles. The van der Waals surface area contributed by atoms with Gasteiger partial charge in [-0.25, -0.2) is 4.98 Å². The largest absolute Gasteiger partial charge is 0.362 e. The van der Waals surface area contributed by atoms with Gasteiger partial charge in [0.2, 0.25) is 0 Å². The minimum absolute atomic E-state index is 0.00537. The quantitative estimate of drug-likeness (QED) is 0.748. The van der Waals surface area contributed by atoms with Crippen molar-refractivity contribution in [2.24, 2.45) is 0 Å². The van der Waals surface area contributed by atoms with Gasteiger partial charge in [-0.2, -0.15) is 0 Å². The van der Waals surface area contributed by atoms with Crippen molar-refractivity contribution in [3.63, 3.8) is 0 Å². The van der Waals surface area contributed by atoms with Crippen molar-refractivity contribution in [2.75, 3.05) is 5.32 Å². The highest BCUT2D eigenvalue weighted by Gasteiger charge is 2.25. The highest BCUT2D eigenvalue weighted by atomic mass is 16.1. The Bertz CT molecular complexity index is 906. The Kier molecular flexibility index (Phi) is 4.06. The number of pyridine rings is 2. The van der Waals surface area contributed by atoms with Crippen molar-refractivity contribution in [1.82, 2.24) is 15.3 Å². The maximum Gasteiger partial charge on any atom is 0.252 e. The Labute approximate surface area is 146 Å². The highest BCUT2D eigenvalue weighted by Crippen LogP contribution is 2.25. The van der Waals surface area contributed by atoms with Crippen molar-refractivity contribution in [1.29, 1.82) is 0 Å². The van der Waals surface area contributed by atoms with Gasteiger partial charge in [-0.3, -0.25) is 9.78 Å². The van der Waals surface area contributed by atoms with Crippen LogP contribution in [0.5, 0.6) is 0 Å². The van der Waals surface area contributed by atoms with E-state index < -0.39 is 0 Å². The standard InChI is InChI=1S/C20H20N4O/c1-13(17-7-4-5-11-21-17)22-19-12-16(20(25)23-14-9-10-14)15-6-2-3-8-18(15)24-19/h2-8,11-14H,9-10H2,1H3,(H,22,24)(H,23,25)/t13-/m1/s1. The minimum atomic E-state index is -0.0327. The van der Waals surface area contributed by atoms with Crippen LogP contribution in [0.4, 0.5) is 5.82 Å². The molecule has 0 bridgehead atoms. The first-order valence-electron chi connectivity index (χ1n) is 8.59. The number of hydrogen-bond donors (Lipinski definition) is 2. The van der Waals surface area contributed by atoms with Gasteiger partial charge in [0.15, 0.2) is 0 Å². The molecular formula is C20H20N4O. The number of benzene rings is 1. The summed E-state index contributed by atoms with van der Waals surface area (Å²) in [6, 6.07) is 15.7. The number of rotatable bonds is 5. The molecule has 0 spiro atoms. The van der Waals surface area contributed by atoms with Crippen molar-refractivity contribution >= 4 is 22.6 Å². The molecule has 1 saturated carbocycles. The van der Waals surface area contributed by atoms with Gasteiger partial charge in [0.1, 0.15) is 5.82 Å². The number of para-hydroxylation sites is 1. The predicted octanol–water partition coefficient (Wildman–Crippen LogP) is 3.70. The van der Waals surface area contributed by atoms with E-state index in [4.69, 9.17) is 0 Å². The van der Waals surface area contributed by atoms with Crippen LogP contribution in [0.3, 0.4) is 0 Å². The van der Waals surface area contributed by atoms with Gasteiger partial charge in [0, 0.05) is 17.6 Å². The normalized spacial score (nSPS) is 14.9. The summed E-state index contributed by atoms with van der Waals surface area (Å²) >= 11 is 0. The van der Waals surface area contributed by atoms with E-state index >= 15 is 0 Å². The van der Waals surface area contributed by atoms with Gasteiger partial charge >= 0.3 is 0 Å². The lowest BCUT2D eigenvalue weighted by atomic mass is 10.1. The number of aromatic nitrogens is 2. The number of fused-ring (bicyclic) bond motifs is 1. The average Bonchev–Trinajstić information content (AvgIpc) is 3.45. The Morgan fingerprint density at radius 3 is 2.72 bits per heavy atom. The molecule has 5 nitrogen and oxygen atoms in total. The summed E-state index contributed by atoms with van der Waals surface area (Å²) in [6.45, 7) is 2.03. The van der Waals surface area contributed by atoms with Gasteiger partial charge in [0.05, 0.1) is 22.8 Å². The second-order valence-corrected chi connectivity index (χ2v) is 6.44. The van der Waals surface area contributed by atoms with Crippen molar-refractivity contribution in [3.05, 3.63) is 66.0 Å². The van der Waals surface area contributed by atoms with Gasteiger partial charge in [-0.15, -0.1) is 0 Å². The number of amides is 1. The third kappa shape index (κ3) is 3.45. The average molecular weight is 332 g/mol. The first kappa shape index (κ1) is 15.6. The number of hydrogen-bond acceptors (Lipinski definition) is 4. The van der Waals surface area contributed by atoms with E-state index in [-0.39, 0.29) is 11.9 Å². The summed E-state index contributed by atoms with van der Waals surface area (Å²) in [4.78, 5) is 21.7. The van der Waals surface area contributed by atoms with Gasteiger partial charge in [0.25, 0.3) is 5.91 Å². The lowest BCUT2D eigenvalue weighted by molar-refractivity contribution is 0.0952. The van der Waals surface area contributed by atoms with Crippen LogP contribution >= 0.6 is 0 Å². The summed E-state index contributed by atoms with van der Waals surface area (Å²) in [5.74, 6) is 0.646. The van der Waals surface area contributed by atoms with E-state index in [1.54, 1.807) is 6.20 Å². The van der Waals surface area contributed by atoms with Crippen LogP contribution < -0.4 is 10.6 Å². The topological polar surface area (TPSA) is 66.9 Å². The molecule has 2 heterocycles. The van der Waals surface area contributed by atoms with E-state index in [2.05, 4.69) is 20.6 Å². The second-order valence-electron chi connectivity index (χ2n) is 6.44. The Morgan fingerprint density at radius 1 is 1.16 bits per heavy atom. The molecule has 0 radical (unpaired) electrons. The number of anilines is 1. The van der Waals surface area contributed by atoms with Crippen LogP contribution in [0.2, 0.25) is 0 Å². The molecule has 5 heteroatoms. The van der Waals surface area contributed by atoms with E-state index in [1.165, 1.54) is 0 Å². The second kappa shape index (κ2) is 6.51. The third-order valence-electron chi connectivity index (χ3n) is 4.37. The van der Waals surface area contributed by atoms with Crippen molar-refractivity contribution in [3.8, 4) is 0 Å². The van der Waals surface area contributed by atoms with Crippen molar-refractivity contribution in [2.45, 2.75) is 31.8 Å². The SMILES string of the molecule is C[C@@H](Nc1cc(C(=O)NC2CC2)c2ccccc2n1)c1ccccn1. The molecule has 0 saturated heterocycles. The zero-order chi connectivity index (χ0) is 17.2. The Morgan fingerprint density at radius 2 is 1.96 bits per heavy atom. The zero-order valence-electron chi connectivity index (χ0n) is 14.1. The van der Waals surface area contributed by atoms with Crippen LogP contribution in [0.15, 0.2) is 54.7 Å². The zero-order valence-corrected chi connectivity index (χ0v) is 14.1. The van der Waals surface area contributed by atoms with E-state index in [1.807, 2.05) is 55.5 Å². The molecule has 1 aliphatic rings. The smallest absolute Gasteiger partial charge is 0.252 e. The van der Waals surface area contributed by atoms with Crippen LogP contribution in [-0.4, -0.2) is 21.9 Å². The number of carbonyl (C=O) groups is 1. The lowest BCUT2D eigenvalue weighted by Gasteiger charge is -2.16. The maximum absolute atomic E-state index is 12.6. The summed E-state index contributed by atoms with van der Waals surface area (Å²) in [5.41, 5.74) is 2.40. The summed E-state index contributed by atoms with van der Waals surface area (Å²) < 4.78 is 0. The van der Waals surface area contributed by atoms with Gasteiger partial charge in [-0.1, -0.05) is 24.3 Å². The Hall–Kier alpha value is -2.95. The molecule has 4 rings (SSSR count). The molecule has 126 valence electrons. The molecule has 0 unspecified atom stereocenters. The Balaban J connectivity index is 1.68. The maximum atomic E-state index is 12.6. The van der Waals surface area contributed by atoms with E-state index in [9.17, 15) is 4.79 Å². The molecule has 1 atom stereocenters. The first-order valence-corrected chi connectivity index (χ1v) is 8.59. The molecule has 1 aromatic carbocycles. The number of nitrogens with one attached hydrogen (secondary N) is 2. The van der Waals surface area contributed by atoms with Crippen LogP contribution in [0.25, 0.3) is 10.9 Å². The summed E-state index contributed by atoms with van der Waals surface area (Å²) in [6.07, 6.45) is 3.91. The summed E-state index contributed by atoms with van der Waals surface area (Å²) in [5, 5.41) is 7.30. The molecular weight excluding hydrogens is 312 g/mol. The fourth-order valence-corrected chi connectivity index (χ4v) is 2.86. The monoisotopic (exact) mass is 332 g/mol. The van der Waals surface area contributed by atoms with E-state index in [0.717, 1.165) is 29.4 Å². The third-order valence-corrected chi connectivity index (χ3v) is 4.37. The summed E-state index contributed by atoms with van der Waals surface area (Å²) in [7, 11) is 0. The molecule has 1 aliphatic carbocycles. The first-order chi connectivity index (χ1) is 12.2. The fraction of sp³-hybridized carbons (Fsp3) is 0.250. The fourth-order valence-electron chi connectivity index (χ4n) is 2.86. The van der Waals surface area contributed by atoms with Crippen LogP contribution in [-0.2, 0) is 0 Å². The van der Waals surface area contributed by atoms with Crippen LogP contribution in [0, 0.1) is 0 Å². The molecule has 3 aromatic rings. The van der Waals surface area contributed by atoms with Crippen LogP contribution in [0.1, 0.15) is 41.9 Å². The molecule has 1 fully saturated rings. The molecule has 2 N–H and O–H groups in total. The number of nitrogens with zero attached hydrogens (tertiary/aromatic N) is 2. The number of carbonyl (C=O) groups excluding carboxylic acids is 1. The van der Waals surface area contributed by atoms with Gasteiger partial charge < -0.3 is 10.6 Å². The minimum Gasteiger partial charge on any atom is -0.362 e. The lowest BCUT2D eigenvalue weighted by Crippen LogP contribution is -2.26. The predicted molar refractivity (Wildman–Crippen MR) is 98.5 cm³/mol. The highest BCUT2D eigenvalue weighted by molar-refractivity contribution is 6.07. The van der Waals surface area contributed by atoms with E-state index in [0.29, 0.717) is 17.4 Å². The van der Waals surface area contributed by atoms with Gasteiger partial charge in [-0.05, 0) is 44.0 Å². The molecule has 1 amide bonds. The molecule has 25 heavy (non-hydrogen) atoms. The van der Waals surface area contributed by atoms with Crippen molar-refractivity contribution < 1.29 is 4.79 Å². The molecule has 2 aromatic heterocycles.